The SMILES string of the molecule is Cc1cc(O)c(-c2c(-c3ccc(Cl)cc3)[nH]c3cc(C(C)(C)C)ccc23)c(=O)o1. The summed E-state index contributed by atoms with van der Waals surface area (Å²) in [5.41, 5.74) is 3.82. The van der Waals surface area contributed by atoms with Crippen molar-refractivity contribution >= 4 is 22.5 Å². The molecule has 4 nitrogen and oxygen atoms in total. The van der Waals surface area contributed by atoms with Gasteiger partial charge in [-0.25, -0.2) is 4.79 Å². The minimum absolute atomic E-state index is 0.0229. The molecule has 0 spiro atoms. The van der Waals surface area contributed by atoms with E-state index in [0.29, 0.717) is 16.3 Å². The van der Waals surface area contributed by atoms with Crippen molar-refractivity contribution in [3.63, 3.8) is 0 Å². The Labute approximate surface area is 173 Å². The quantitative estimate of drug-likeness (QED) is 0.403. The number of hydrogen-bond acceptors (Lipinski definition) is 3. The third-order valence-corrected chi connectivity index (χ3v) is 5.35. The van der Waals surface area contributed by atoms with E-state index in [-0.39, 0.29) is 16.7 Å². The number of nitrogens with one attached hydrogen (secondary N) is 1. The lowest BCUT2D eigenvalue weighted by Crippen LogP contribution is -2.10. The number of aryl methyl sites for hydroxylation is 1. The van der Waals surface area contributed by atoms with Crippen LogP contribution in [-0.4, -0.2) is 10.1 Å². The maximum absolute atomic E-state index is 12.7. The topological polar surface area (TPSA) is 66.2 Å². The smallest absolute Gasteiger partial charge is 0.347 e. The molecule has 0 unspecified atom stereocenters. The van der Waals surface area contributed by atoms with E-state index in [2.05, 4.69) is 37.9 Å². The number of aromatic nitrogens is 1. The predicted molar refractivity (Wildman–Crippen MR) is 118 cm³/mol. The Morgan fingerprint density at radius 1 is 1.00 bits per heavy atom. The van der Waals surface area contributed by atoms with Gasteiger partial charge in [0.1, 0.15) is 17.1 Å². The molecule has 0 amide bonds. The second-order valence-electron chi connectivity index (χ2n) is 8.30. The van der Waals surface area contributed by atoms with E-state index in [0.717, 1.165) is 22.2 Å². The zero-order chi connectivity index (χ0) is 20.9. The van der Waals surface area contributed by atoms with Crippen LogP contribution >= 0.6 is 11.6 Å². The first-order chi connectivity index (χ1) is 13.6. The van der Waals surface area contributed by atoms with E-state index >= 15 is 0 Å². The van der Waals surface area contributed by atoms with Gasteiger partial charge in [0.2, 0.25) is 0 Å². The first kappa shape index (κ1) is 19.3. The maximum Gasteiger partial charge on any atom is 0.347 e. The number of benzene rings is 2. The second kappa shape index (κ2) is 6.82. The average Bonchev–Trinajstić information content (AvgIpc) is 2.99. The van der Waals surface area contributed by atoms with Crippen LogP contribution < -0.4 is 5.63 Å². The second-order valence-corrected chi connectivity index (χ2v) is 8.73. The normalized spacial score (nSPS) is 11.9. The van der Waals surface area contributed by atoms with Crippen LogP contribution in [0, 0.1) is 6.92 Å². The summed E-state index contributed by atoms with van der Waals surface area (Å²) in [4.78, 5) is 16.2. The Morgan fingerprint density at radius 3 is 2.31 bits per heavy atom. The van der Waals surface area contributed by atoms with Gasteiger partial charge in [-0.2, -0.15) is 0 Å². The molecular formula is C24H22ClNO3. The fraction of sp³-hybridized carbons (Fsp3) is 0.208. The molecule has 0 bridgehead atoms. The van der Waals surface area contributed by atoms with Crippen molar-refractivity contribution in [3.8, 4) is 28.1 Å². The van der Waals surface area contributed by atoms with Gasteiger partial charge in [0.05, 0.1) is 5.69 Å². The summed E-state index contributed by atoms with van der Waals surface area (Å²) >= 11 is 6.06. The minimum Gasteiger partial charge on any atom is -0.507 e. The molecule has 4 rings (SSSR count). The van der Waals surface area contributed by atoms with Gasteiger partial charge < -0.3 is 14.5 Å². The lowest BCUT2D eigenvalue weighted by Gasteiger charge is -2.18. The standard InChI is InChI=1S/C24H22ClNO3/c1-13-11-19(27)21(23(28)29-13)20-17-10-7-15(24(2,3)4)12-18(17)26-22(20)14-5-8-16(25)9-6-14/h5-12,26-27H,1-4H3. The van der Waals surface area contributed by atoms with Crippen molar-refractivity contribution in [2.75, 3.05) is 0 Å². The van der Waals surface area contributed by atoms with E-state index in [1.54, 1.807) is 19.1 Å². The van der Waals surface area contributed by atoms with Gasteiger partial charge in [-0.3, -0.25) is 0 Å². The molecule has 0 fully saturated rings. The van der Waals surface area contributed by atoms with Crippen molar-refractivity contribution in [1.29, 1.82) is 0 Å². The molecular weight excluding hydrogens is 386 g/mol. The molecule has 0 saturated carbocycles. The fourth-order valence-electron chi connectivity index (χ4n) is 3.58. The van der Waals surface area contributed by atoms with E-state index in [1.807, 2.05) is 18.2 Å². The molecule has 2 aromatic heterocycles. The van der Waals surface area contributed by atoms with Crippen LogP contribution in [0.2, 0.25) is 5.02 Å². The Bertz CT molecular complexity index is 1270. The average molecular weight is 408 g/mol. The van der Waals surface area contributed by atoms with Gasteiger partial charge in [-0.1, -0.05) is 56.6 Å². The zero-order valence-corrected chi connectivity index (χ0v) is 17.5. The summed E-state index contributed by atoms with van der Waals surface area (Å²) in [5.74, 6) is 0.258. The van der Waals surface area contributed by atoms with Crippen molar-refractivity contribution in [2.24, 2.45) is 0 Å². The summed E-state index contributed by atoms with van der Waals surface area (Å²) in [7, 11) is 0. The molecule has 5 heteroatoms. The Hall–Kier alpha value is -2.98. The van der Waals surface area contributed by atoms with E-state index < -0.39 is 5.63 Å². The van der Waals surface area contributed by atoms with Crippen LogP contribution in [0.15, 0.2) is 57.7 Å². The molecule has 0 aliphatic carbocycles. The molecule has 29 heavy (non-hydrogen) atoms. The fourth-order valence-corrected chi connectivity index (χ4v) is 3.71. The molecule has 0 aliphatic heterocycles. The Balaban J connectivity index is 2.09. The third kappa shape index (κ3) is 3.45. The lowest BCUT2D eigenvalue weighted by atomic mass is 9.86. The highest BCUT2D eigenvalue weighted by Gasteiger charge is 2.23. The molecule has 0 radical (unpaired) electrons. The van der Waals surface area contributed by atoms with Gasteiger partial charge in [-0.05, 0) is 41.7 Å². The Morgan fingerprint density at radius 2 is 1.69 bits per heavy atom. The number of aromatic hydroxyl groups is 1. The van der Waals surface area contributed by atoms with Gasteiger partial charge in [0.15, 0.2) is 0 Å². The molecule has 4 aromatic rings. The van der Waals surface area contributed by atoms with Crippen LogP contribution in [-0.2, 0) is 5.41 Å². The van der Waals surface area contributed by atoms with E-state index in [1.165, 1.54) is 11.6 Å². The van der Waals surface area contributed by atoms with Gasteiger partial charge in [-0.15, -0.1) is 0 Å². The number of H-pyrrole nitrogens is 1. The Kier molecular flexibility index (Phi) is 4.55. The minimum atomic E-state index is -0.571. The molecule has 0 saturated heterocycles. The van der Waals surface area contributed by atoms with Gasteiger partial charge >= 0.3 is 5.63 Å². The summed E-state index contributed by atoms with van der Waals surface area (Å²) in [6.45, 7) is 8.09. The van der Waals surface area contributed by atoms with Crippen LogP contribution in [0.25, 0.3) is 33.3 Å². The van der Waals surface area contributed by atoms with Crippen LogP contribution in [0.5, 0.6) is 5.75 Å². The highest BCUT2D eigenvalue weighted by Crippen LogP contribution is 2.41. The molecule has 2 N–H and O–H groups in total. The van der Waals surface area contributed by atoms with Crippen molar-refractivity contribution in [2.45, 2.75) is 33.1 Å². The molecule has 2 heterocycles. The van der Waals surface area contributed by atoms with Crippen molar-refractivity contribution < 1.29 is 9.52 Å². The lowest BCUT2D eigenvalue weighted by molar-refractivity contribution is 0.438. The summed E-state index contributed by atoms with van der Waals surface area (Å²) < 4.78 is 5.30. The maximum atomic E-state index is 12.7. The summed E-state index contributed by atoms with van der Waals surface area (Å²) in [5, 5.41) is 12.1. The predicted octanol–water partition coefficient (Wildman–Crippen LogP) is 6.42. The van der Waals surface area contributed by atoms with Crippen LogP contribution in [0.1, 0.15) is 32.1 Å². The number of halogens is 1. The third-order valence-electron chi connectivity index (χ3n) is 5.10. The number of aromatic amines is 1. The first-order valence-electron chi connectivity index (χ1n) is 9.41. The highest BCUT2D eigenvalue weighted by molar-refractivity contribution is 6.30. The van der Waals surface area contributed by atoms with E-state index in [9.17, 15) is 9.90 Å². The molecule has 0 atom stereocenters. The van der Waals surface area contributed by atoms with Crippen LogP contribution in [0.4, 0.5) is 0 Å². The zero-order valence-electron chi connectivity index (χ0n) is 16.8. The van der Waals surface area contributed by atoms with Gasteiger partial charge in [0.25, 0.3) is 0 Å². The van der Waals surface area contributed by atoms with E-state index in [4.69, 9.17) is 16.0 Å². The van der Waals surface area contributed by atoms with Crippen molar-refractivity contribution in [3.05, 3.63) is 75.3 Å². The monoisotopic (exact) mass is 407 g/mol. The molecule has 148 valence electrons. The van der Waals surface area contributed by atoms with Crippen molar-refractivity contribution in [1.82, 2.24) is 4.98 Å². The number of rotatable bonds is 2. The first-order valence-corrected chi connectivity index (χ1v) is 9.79. The largest absolute Gasteiger partial charge is 0.507 e. The summed E-state index contributed by atoms with van der Waals surface area (Å²) in [6, 6.07) is 14.9. The summed E-state index contributed by atoms with van der Waals surface area (Å²) in [6.07, 6.45) is 0. The highest BCUT2D eigenvalue weighted by atomic mass is 35.5. The van der Waals surface area contributed by atoms with Crippen LogP contribution in [0.3, 0.4) is 0 Å². The molecule has 0 aliphatic rings. The van der Waals surface area contributed by atoms with Gasteiger partial charge in [0, 0.05) is 27.6 Å². The number of hydrogen-bond donors (Lipinski definition) is 2. The number of fused-ring (bicyclic) bond motifs is 1. The molecule has 2 aromatic carbocycles.